The zero-order chi connectivity index (χ0) is 28.9. The summed E-state index contributed by atoms with van der Waals surface area (Å²) in [5.41, 5.74) is -0.510. The summed E-state index contributed by atoms with van der Waals surface area (Å²) in [6.45, 7) is 7.96. The first-order chi connectivity index (χ1) is 19.2. The van der Waals surface area contributed by atoms with Gasteiger partial charge in [0.05, 0.1) is 22.7 Å². The van der Waals surface area contributed by atoms with Crippen molar-refractivity contribution in [2.45, 2.75) is 64.9 Å². The molecule has 3 aromatic rings. The van der Waals surface area contributed by atoms with Gasteiger partial charge in [-0.1, -0.05) is 13.8 Å². The van der Waals surface area contributed by atoms with Crippen molar-refractivity contribution >= 4 is 22.6 Å². The molecule has 1 aliphatic heterocycles. The van der Waals surface area contributed by atoms with Gasteiger partial charge in [-0.15, -0.1) is 0 Å². The fourth-order valence-electron chi connectivity index (χ4n) is 4.31. The number of benzene rings is 1. The number of nitrogens with zero attached hydrogens (tertiary/aromatic N) is 5. The maximum atomic E-state index is 12.9. The first-order valence-electron chi connectivity index (χ1n) is 13.5. The number of ether oxygens (including phenoxy) is 1. The first-order valence-corrected chi connectivity index (χ1v) is 13.5. The Kier molecular flexibility index (Phi) is 9.23. The zero-order valence-electron chi connectivity index (χ0n) is 22.8. The van der Waals surface area contributed by atoms with Crippen molar-refractivity contribution in [1.29, 1.82) is 0 Å². The highest BCUT2D eigenvalue weighted by Gasteiger charge is 2.32. The van der Waals surface area contributed by atoms with E-state index >= 15 is 0 Å². The van der Waals surface area contributed by atoms with E-state index in [2.05, 4.69) is 25.5 Å². The molecule has 10 nitrogen and oxygen atoms in total. The lowest BCUT2D eigenvalue weighted by Crippen LogP contribution is -2.50. The lowest BCUT2D eigenvalue weighted by Gasteiger charge is -2.35. The Bertz CT molecular complexity index is 1350. The highest BCUT2D eigenvalue weighted by atomic mass is 19.4. The number of carbonyl (C=O) groups is 1. The largest absolute Gasteiger partial charge is 0.490 e. The minimum Gasteiger partial charge on any atom is -0.490 e. The Hall–Kier alpha value is -3.74. The summed E-state index contributed by atoms with van der Waals surface area (Å²) in [5.74, 6) is 0.890. The maximum Gasteiger partial charge on any atom is 0.419 e. The summed E-state index contributed by atoms with van der Waals surface area (Å²) in [6.07, 6.45) is -0.383. The molecule has 1 aliphatic carbocycles. The topological polar surface area (TPSA) is 116 Å². The molecule has 1 atom stereocenters. The van der Waals surface area contributed by atoms with Crippen LogP contribution in [-0.4, -0.2) is 69.3 Å². The fraction of sp³-hybridized carbons (Fsp3) is 0.519. The highest BCUT2D eigenvalue weighted by Crippen LogP contribution is 2.29. The number of halogens is 3. The van der Waals surface area contributed by atoms with Crippen LogP contribution in [0, 0.1) is 0 Å². The van der Waals surface area contributed by atoms with Gasteiger partial charge in [0.1, 0.15) is 5.75 Å². The number of alkyl halides is 3. The summed E-state index contributed by atoms with van der Waals surface area (Å²) in [5, 5.41) is 11.3. The van der Waals surface area contributed by atoms with Gasteiger partial charge in [-0.2, -0.15) is 18.3 Å². The van der Waals surface area contributed by atoms with Crippen LogP contribution in [-0.2, 0) is 17.5 Å². The van der Waals surface area contributed by atoms with Gasteiger partial charge in [-0.25, -0.2) is 15.1 Å². The molecule has 1 unspecified atom stereocenters. The number of aromatic amines is 1. The Balaban J connectivity index is 0.00000181. The smallest absolute Gasteiger partial charge is 0.419 e. The molecule has 0 radical (unpaired) electrons. The normalized spacial score (nSPS) is 16.4. The molecule has 216 valence electrons. The molecule has 0 spiro atoms. The van der Waals surface area contributed by atoms with E-state index in [9.17, 15) is 22.8 Å². The summed E-state index contributed by atoms with van der Waals surface area (Å²) in [4.78, 5) is 36.2. The second-order valence-corrected chi connectivity index (χ2v) is 9.65. The molecular weight excluding hydrogens is 527 g/mol. The minimum atomic E-state index is -4.48. The van der Waals surface area contributed by atoms with E-state index in [1.807, 2.05) is 26.8 Å². The lowest BCUT2D eigenvalue weighted by atomic mass is 10.1. The fourth-order valence-corrected chi connectivity index (χ4v) is 4.31. The average molecular weight is 562 g/mol. The second kappa shape index (κ2) is 12.6. The van der Waals surface area contributed by atoms with Gasteiger partial charge >= 0.3 is 6.18 Å². The summed E-state index contributed by atoms with van der Waals surface area (Å²) in [6, 6.07) is 5.20. The quantitative estimate of drug-likeness (QED) is 0.429. The van der Waals surface area contributed by atoms with Crippen LogP contribution in [0.3, 0.4) is 0 Å². The molecule has 1 amide bonds. The summed E-state index contributed by atoms with van der Waals surface area (Å²) < 4.78 is 44.1. The number of fused-ring (bicyclic) bond motifs is 1. The predicted octanol–water partition coefficient (Wildman–Crippen LogP) is 3.52. The molecule has 3 heterocycles. The van der Waals surface area contributed by atoms with Crippen molar-refractivity contribution in [3.8, 4) is 5.75 Å². The van der Waals surface area contributed by atoms with Gasteiger partial charge in [-0.05, 0) is 38.0 Å². The monoisotopic (exact) mass is 561 g/mol. The van der Waals surface area contributed by atoms with Crippen LogP contribution in [0.4, 0.5) is 19.1 Å². The van der Waals surface area contributed by atoms with Crippen molar-refractivity contribution in [3.63, 3.8) is 0 Å². The molecule has 5 rings (SSSR count). The molecule has 2 aliphatic rings. The molecule has 2 fully saturated rings. The van der Waals surface area contributed by atoms with Crippen molar-refractivity contribution in [1.82, 2.24) is 30.4 Å². The molecule has 1 saturated heterocycles. The van der Waals surface area contributed by atoms with Crippen molar-refractivity contribution in [3.05, 3.63) is 52.2 Å². The lowest BCUT2D eigenvalue weighted by molar-refractivity contribution is -0.138. The molecule has 1 saturated carbocycles. The second-order valence-electron chi connectivity index (χ2n) is 9.65. The molecule has 13 heteroatoms. The van der Waals surface area contributed by atoms with E-state index in [4.69, 9.17) is 4.74 Å². The number of hydrogen-bond acceptors (Lipinski definition) is 8. The van der Waals surface area contributed by atoms with Crippen LogP contribution in [0.1, 0.15) is 51.3 Å². The average Bonchev–Trinajstić information content (AvgIpc) is 3.77. The van der Waals surface area contributed by atoms with Crippen molar-refractivity contribution in [2.24, 2.45) is 0 Å². The van der Waals surface area contributed by atoms with Crippen LogP contribution in [0.2, 0.25) is 0 Å². The van der Waals surface area contributed by atoms with Crippen molar-refractivity contribution in [2.75, 3.05) is 31.1 Å². The Morgan fingerprint density at radius 1 is 1.12 bits per heavy atom. The van der Waals surface area contributed by atoms with Crippen LogP contribution >= 0.6 is 0 Å². The molecular formula is C27H34F3N7O3. The van der Waals surface area contributed by atoms with Crippen molar-refractivity contribution < 1.29 is 22.7 Å². The summed E-state index contributed by atoms with van der Waals surface area (Å²) in [7, 11) is 0. The van der Waals surface area contributed by atoms with Gasteiger partial charge in [0, 0.05) is 63.0 Å². The number of nitrogens with one attached hydrogen (secondary N) is 2. The molecule has 2 aromatic heterocycles. The summed E-state index contributed by atoms with van der Waals surface area (Å²) >= 11 is 0. The van der Waals surface area contributed by atoms with Crippen LogP contribution in [0.25, 0.3) is 10.8 Å². The molecule has 40 heavy (non-hydrogen) atoms. The number of piperazine rings is 1. The SMILES string of the molecule is CC.CC(CC(=O)N1CCN(c2ncc(C(F)(F)F)cn2)CC1)NCc1n[nH]c(=O)c2ccc(OC3CC3)cc12. The van der Waals surface area contributed by atoms with Gasteiger partial charge < -0.3 is 19.9 Å². The number of hydrogen-bond donors (Lipinski definition) is 2. The van der Waals surface area contributed by atoms with E-state index in [0.717, 1.165) is 25.2 Å². The maximum absolute atomic E-state index is 12.9. The number of H-pyrrole nitrogens is 1. The Morgan fingerprint density at radius 2 is 1.80 bits per heavy atom. The van der Waals surface area contributed by atoms with E-state index in [1.165, 1.54) is 0 Å². The van der Waals surface area contributed by atoms with E-state index in [1.54, 1.807) is 21.9 Å². The van der Waals surface area contributed by atoms with Gasteiger partial charge in [0.2, 0.25) is 11.9 Å². The Morgan fingerprint density at radius 3 is 2.42 bits per heavy atom. The van der Waals surface area contributed by atoms with Crippen LogP contribution in [0.5, 0.6) is 5.75 Å². The van der Waals surface area contributed by atoms with E-state index in [0.29, 0.717) is 54.9 Å². The third-order valence-corrected chi connectivity index (χ3v) is 6.65. The zero-order valence-corrected chi connectivity index (χ0v) is 22.8. The standard InChI is InChI=1S/C25H28F3N7O3.C2H6/c1-15(29-14-21-20-11-18(38-17-2-3-17)4-5-19(20)23(37)33-32-21)10-22(36)34-6-8-35(9-7-34)24-30-12-16(13-31-24)25(26,27)28;1-2/h4-5,11-13,15,17,29H,2-3,6-10,14H2,1H3,(H,33,37);1-2H3. The van der Waals surface area contributed by atoms with Gasteiger partial charge in [0.15, 0.2) is 0 Å². The Labute approximate surface area is 229 Å². The predicted molar refractivity (Wildman–Crippen MR) is 144 cm³/mol. The third-order valence-electron chi connectivity index (χ3n) is 6.65. The number of carbonyl (C=O) groups excluding carboxylic acids is 1. The van der Waals surface area contributed by atoms with Crippen LogP contribution < -0.4 is 20.5 Å². The number of amides is 1. The molecule has 1 aromatic carbocycles. The van der Waals surface area contributed by atoms with E-state index in [-0.39, 0.29) is 36.0 Å². The highest BCUT2D eigenvalue weighted by molar-refractivity contribution is 5.85. The number of anilines is 1. The number of rotatable bonds is 8. The third kappa shape index (κ3) is 7.26. The minimum absolute atomic E-state index is 0.0302. The van der Waals surface area contributed by atoms with E-state index < -0.39 is 11.7 Å². The number of aromatic nitrogens is 4. The first kappa shape index (κ1) is 29.2. The molecule has 0 bridgehead atoms. The van der Waals surface area contributed by atoms with Gasteiger partial charge in [0.25, 0.3) is 5.56 Å². The van der Waals surface area contributed by atoms with Gasteiger partial charge in [-0.3, -0.25) is 9.59 Å². The molecule has 2 N–H and O–H groups in total. The van der Waals surface area contributed by atoms with Crippen LogP contribution in [0.15, 0.2) is 35.4 Å².